The van der Waals surface area contributed by atoms with E-state index in [9.17, 15) is 13.6 Å². The van der Waals surface area contributed by atoms with Gasteiger partial charge >= 0.3 is 0 Å². The van der Waals surface area contributed by atoms with Gasteiger partial charge in [-0.15, -0.1) is 0 Å². The molecule has 5 nitrogen and oxygen atoms in total. The quantitative estimate of drug-likeness (QED) is 0.827. The minimum absolute atomic E-state index is 0.133. The molecule has 0 radical (unpaired) electrons. The molecule has 0 bridgehead atoms. The molecule has 1 atom stereocenters. The van der Waals surface area contributed by atoms with E-state index in [0.29, 0.717) is 13.0 Å². The van der Waals surface area contributed by atoms with Crippen LogP contribution in [0.4, 0.5) is 14.5 Å². The van der Waals surface area contributed by atoms with Crippen molar-refractivity contribution in [2.45, 2.75) is 18.9 Å². The van der Waals surface area contributed by atoms with Gasteiger partial charge in [0.2, 0.25) is 5.91 Å². The molecule has 0 aromatic heterocycles. The highest BCUT2D eigenvalue weighted by molar-refractivity contribution is 5.90. The second-order valence-electron chi connectivity index (χ2n) is 5.87. The minimum atomic E-state index is -0.651. The molecular weight excluding hydrogens is 304 g/mol. The van der Waals surface area contributed by atoms with E-state index in [1.54, 1.807) is 0 Å². The van der Waals surface area contributed by atoms with Crippen LogP contribution in [0.2, 0.25) is 0 Å². The first-order chi connectivity index (χ1) is 11.0. The lowest BCUT2D eigenvalue weighted by Gasteiger charge is -2.39. The fourth-order valence-corrected chi connectivity index (χ4v) is 2.74. The largest absolute Gasteiger partial charge is 0.396 e. The van der Waals surface area contributed by atoms with Crippen LogP contribution in [0.15, 0.2) is 18.2 Å². The number of nitrogens with zero attached hydrogens (tertiary/aromatic N) is 2. The van der Waals surface area contributed by atoms with Gasteiger partial charge in [0.15, 0.2) is 0 Å². The number of aliphatic hydroxyl groups excluding tert-OH is 1. The summed E-state index contributed by atoms with van der Waals surface area (Å²) in [5, 5.41) is 11.5. The van der Waals surface area contributed by atoms with Crippen molar-refractivity contribution in [3.05, 3.63) is 29.8 Å². The first kappa shape index (κ1) is 17.8. The van der Waals surface area contributed by atoms with Gasteiger partial charge in [-0.05, 0) is 25.6 Å². The Bertz CT molecular complexity index is 542. The lowest BCUT2D eigenvalue weighted by atomic mass is 10.1. The van der Waals surface area contributed by atoms with Crippen LogP contribution >= 0.6 is 0 Å². The maximum absolute atomic E-state index is 13.5. The highest BCUT2D eigenvalue weighted by Crippen LogP contribution is 2.16. The number of likely N-dealkylation sites (N-methyl/N-ethyl adjacent to an activating group) is 1. The Hall–Kier alpha value is -1.57. The SMILES string of the molecule is CN1CCN(CCC(=O)Nc2cc(F)ccc2F)C[C@@H]1CCO. The second-order valence-corrected chi connectivity index (χ2v) is 5.87. The predicted molar refractivity (Wildman–Crippen MR) is 84.2 cm³/mol. The lowest BCUT2D eigenvalue weighted by molar-refractivity contribution is -0.116. The summed E-state index contributed by atoms with van der Waals surface area (Å²) in [6, 6.07) is 3.25. The molecule has 2 rings (SSSR count). The van der Waals surface area contributed by atoms with Crippen LogP contribution in [0.5, 0.6) is 0 Å². The fraction of sp³-hybridized carbons (Fsp3) is 0.562. The number of amides is 1. The number of benzene rings is 1. The zero-order valence-corrected chi connectivity index (χ0v) is 13.3. The number of carbonyl (C=O) groups excluding carboxylic acids is 1. The molecule has 0 aliphatic carbocycles. The summed E-state index contributed by atoms with van der Waals surface area (Å²) in [4.78, 5) is 16.3. The van der Waals surface area contributed by atoms with Gasteiger partial charge < -0.3 is 15.3 Å². The molecule has 1 aromatic rings. The Morgan fingerprint density at radius 3 is 2.91 bits per heavy atom. The Morgan fingerprint density at radius 1 is 1.39 bits per heavy atom. The third kappa shape index (κ3) is 5.23. The standard InChI is InChI=1S/C16H23F2N3O2/c1-20-7-8-21(11-13(20)5-9-22)6-4-16(23)19-15-10-12(17)2-3-14(15)18/h2-3,10,13,22H,4-9,11H2,1H3,(H,19,23)/t13-/m0/s1. The molecule has 23 heavy (non-hydrogen) atoms. The van der Waals surface area contributed by atoms with E-state index in [0.717, 1.165) is 37.8 Å². The zero-order chi connectivity index (χ0) is 16.8. The van der Waals surface area contributed by atoms with E-state index in [1.165, 1.54) is 0 Å². The van der Waals surface area contributed by atoms with Crippen LogP contribution in [0.25, 0.3) is 0 Å². The Morgan fingerprint density at radius 2 is 2.17 bits per heavy atom. The minimum Gasteiger partial charge on any atom is -0.396 e. The van der Waals surface area contributed by atoms with Crippen LogP contribution in [0, 0.1) is 11.6 Å². The van der Waals surface area contributed by atoms with Gasteiger partial charge in [-0.1, -0.05) is 0 Å². The summed E-state index contributed by atoms with van der Waals surface area (Å²) in [6.45, 7) is 3.21. The summed E-state index contributed by atoms with van der Waals surface area (Å²) in [6.07, 6.45) is 0.916. The van der Waals surface area contributed by atoms with Gasteiger partial charge in [0.1, 0.15) is 11.6 Å². The normalized spacial score (nSPS) is 19.7. The van der Waals surface area contributed by atoms with E-state index in [2.05, 4.69) is 15.1 Å². The molecule has 1 heterocycles. The Kier molecular flexibility index (Phi) is 6.44. The van der Waals surface area contributed by atoms with Gasteiger partial charge in [0.25, 0.3) is 0 Å². The number of carbonyl (C=O) groups is 1. The molecule has 7 heteroatoms. The molecule has 0 saturated carbocycles. The van der Waals surface area contributed by atoms with Crippen LogP contribution in [-0.2, 0) is 4.79 Å². The summed E-state index contributed by atoms with van der Waals surface area (Å²) < 4.78 is 26.6. The number of nitrogens with one attached hydrogen (secondary N) is 1. The second kappa shape index (κ2) is 8.33. The van der Waals surface area contributed by atoms with Gasteiger partial charge in [-0.3, -0.25) is 9.69 Å². The lowest BCUT2D eigenvalue weighted by Crippen LogP contribution is -2.52. The number of halogens is 2. The summed E-state index contributed by atoms with van der Waals surface area (Å²) >= 11 is 0. The zero-order valence-electron chi connectivity index (χ0n) is 13.3. The fourth-order valence-electron chi connectivity index (χ4n) is 2.74. The highest BCUT2D eigenvalue weighted by Gasteiger charge is 2.24. The van der Waals surface area contributed by atoms with Crippen molar-refractivity contribution in [3.8, 4) is 0 Å². The van der Waals surface area contributed by atoms with Crippen LogP contribution in [0.1, 0.15) is 12.8 Å². The molecule has 0 unspecified atom stereocenters. The van der Waals surface area contributed by atoms with E-state index in [1.807, 2.05) is 7.05 Å². The molecule has 1 aliphatic heterocycles. The maximum atomic E-state index is 13.5. The van der Waals surface area contributed by atoms with Crippen molar-refractivity contribution in [1.29, 1.82) is 0 Å². The summed E-state index contributed by atoms with van der Waals surface area (Å²) in [5.41, 5.74) is -0.133. The molecule has 2 N–H and O–H groups in total. The van der Waals surface area contributed by atoms with Gasteiger partial charge in [-0.2, -0.15) is 0 Å². The van der Waals surface area contributed by atoms with Crippen molar-refractivity contribution in [3.63, 3.8) is 0 Å². The van der Waals surface area contributed by atoms with Crippen molar-refractivity contribution in [2.24, 2.45) is 0 Å². The van der Waals surface area contributed by atoms with Crippen molar-refractivity contribution >= 4 is 11.6 Å². The molecule has 1 aliphatic rings. The summed E-state index contributed by atoms with van der Waals surface area (Å²) in [7, 11) is 2.02. The number of piperazine rings is 1. The molecule has 1 fully saturated rings. The Balaban J connectivity index is 1.81. The molecule has 128 valence electrons. The topological polar surface area (TPSA) is 55.8 Å². The summed E-state index contributed by atoms with van der Waals surface area (Å²) in [5.74, 6) is -1.58. The number of hydrogen-bond donors (Lipinski definition) is 2. The van der Waals surface area contributed by atoms with Gasteiger partial charge in [0.05, 0.1) is 5.69 Å². The molecule has 1 aromatic carbocycles. The maximum Gasteiger partial charge on any atom is 0.225 e. The van der Waals surface area contributed by atoms with Crippen LogP contribution in [0.3, 0.4) is 0 Å². The molecular formula is C16H23F2N3O2. The smallest absolute Gasteiger partial charge is 0.225 e. The third-order valence-electron chi connectivity index (χ3n) is 4.18. The van der Waals surface area contributed by atoms with E-state index in [-0.39, 0.29) is 30.7 Å². The monoisotopic (exact) mass is 327 g/mol. The predicted octanol–water partition coefficient (Wildman–Crippen LogP) is 1.29. The number of rotatable bonds is 6. The van der Waals surface area contributed by atoms with Gasteiger partial charge in [0, 0.05) is 51.3 Å². The number of anilines is 1. The van der Waals surface area contributed by atoms with Crippen LogP contribution in [-0.4, -0.2) is 66.7 Å². The van der Waals surface area contributed by atoms with Crippen molar-refractivity contribution in [2.75, 3.05) is 45.2 Å². The third-order valence-corrected chi connectivity index (χ3v) is 4.18. The molecule has 1 amide bonds. The van der Waals surface area contributed by atoms with E-state index in [4.69, 9.17) is 5.11 Å². The highest BCUT2D eigenvalue weighted by atomic mass is 19.1. The molecule has 1 saturated heterocycles. The number of aliphatic hydroxyl groups is 1. The van der Waals surface area contributed by atoms with Crippen molar-refractivity contribution < 1.29 is 18.7 Å². The first-order valence-electron chi connectivity index (χ1n) is 7.78. The average Bonchev–Trinajstić information content (AvgIpc) is 2.52. The number of hydrogen-bond acceptors (Lipinski definition) is 4. The average molecular weight is 327 g/mol. The van der Waals surface area contributed by atoms with Crippen molar-refractivity contribution in [1.82, 2.24) is 9.80 Å². The van der Waals surface area contributed by atoms with E-state index < -0.39 is 11.6 Å². The molecule has 0 spiro atoms. The van der Waals surface area contributed by atoms with E-state index >= 15 is 0 Å². The van der Waals surface area contributed by atoms with Gasteiger partial charge in [-0.25, -0.2) is 8.78 Å². The van der Waals surface area contributed by atoms with Crippen LogP contribution < -0.4 is 5.32 Å². The Labute approximate surface area is 134 Å². The first-order valence-corrected chi connectivity index (χ1v) is 7.78.